The molecule has 1 N–H and O–H groups in total. The fourth-order valence-electron chi connectivity index (χ4n) is 5.07. The Morgan fingerprint density at radius 2 is 1.91 bits per heavy atom. The number of carbonyl (C=O) groups is 1. The number of carbonyl (C=O) groups excluding carboxylic acids is 1. The largest absolute Gasteiger partial charge is 0.417 e. The number of halogens is 3. The van der Waals surface area contributed by atoms with Crippen LogP contribution in [0.2, 0.25) is 0 Å². The maximum absolute atomic E-state index is 13.7. The first-order valence-corrected chi connectivity index (χ1v) is 11.2. The monoisotopic (exact) mass is 467 g/mol. The van der Waals surface area contributed by atoms with Crippen LogP contribution in [0.3, 0.4) is 0 Å². The van der Waals surface area contributed by atoms with Crippen molar-refractivity contribution in [1.82, 2.24) is 19.9 Å². The van der Waals surface area contributed by atoms with Gasteiger partial charge in [0.15, 0.2) is 0 Å². The predicted molar refractivity (Wildman–Crippen MR) is 121 cm³/mol. The van der Waals surface area contributed by atoms with Crippen LogP contribution in [-0.2, 0) is 6.18 Å². The van der Waals surface area contributed by atoms with E-state index in [0.717, 1.165) is 41.9 Å². The molecule has 1 saturated carbocycles. The Bertz CT molecular complexity index is 1230. The number of likely N-dealkylation sites (tertiary alicyclic amines) is 1. The molecule has 2 unspecified atom stereocenters. The summed E-state index contributed by atoms with van der Waals surface area (Å²) in [5, 5.41) is 3.25. The first-order chi connectivity index (χ1) is 16.2. The maximum Gasteiger partial charge on any atom is 0.417 e. The number of anilines is 1. The number of hydrogen-bond donors (Lipinski definition) is 1. The summed E-state index contributed by atoms with van der Waals surface area (Å²) in [4.78, 5) is 28.4. The van der Waals surface area contributed by atoms with Crippen molar-refractivity contribution in [3.63, 3.8) is 0 Å². The molecule has 1 amide bonds. The van der Waals surface area contributed by atoms with Gasteiger partial charge in [-0.05, 0) is 68.0 Å². The second kappa shape index (κ2) is 8.38. The molecule has 2 bridgehead atoms. The van der Waals surface area contributed by atoms with E-state index >= 15 is 0 Å². The van der Waals surface area contributed by atoms with E-state index in [2.05, 4.69) is 20.3 Å². The number of nitrogens with one attached hydrogen (secondary N) is 1. The number of rotatable bonds is 4. The molecule has 3 atom stereocenters. The van der Waals surface area contributed by atoms with Crippen molar-refractivity contribution >= 4 is 11.7 Å². The van der Waals surface area contributed by atoms with Crippen LogP contribution in [0.4, 0.5) is 19.0 Å². The molecule has 5 rings (SSSR count). The molecule has 2 fully saturated rings. The van der Waals surface area contributed by atoms with E-state index in [9.17, 15) is 18.0 Å². The molecule has 0 aromatic carbocycles. The summed E-state index contributed by atoms with van der Waals surface area (Å²) in [5.74, 6) is 0.544. The van der Waals surface area contributed by atoms with Gasteiger partial charge in [0.2, 0.25) is 0 Å². The van der Waals surface area contributed by atoms with Crippen molar-refractivity contribution in [3.05, 3.63) is 71.3 Å². The van der Waals surface area contributed by atoms with E-state index in [1.807, 2.05) is 36.9 Å². The standard InChI is InChI=1S/C25H24F3N5O/c1-14-8-18(22-15(2)4-3-7-29-22)23(31-11-14)24(34)33-13-16-9-19(20(33)10-16)32-21-6-5-17(12-30-21)25(26,27)28/h3-8,11-12,16,19-20H,9-10,13H2,1-2H3,(H,30,32)/t16-,19?,20?/m0/s1. The predicted octanol–water partition coefficient (Wildman–Crippen LogP) is 4.89. The first kappa shape index (κ1) is 22.3. The lowest BCUT2D eigenvalue weighted by atomic mass is 10.0. The highest BCUT2D eigenvalue weighted by Crippen LogP contribution is 2.40. The number of nitrogens with zero attached hydrogens (tertiary/aromatic N) is 4. The Labute approximate surface area is 195 Å². The normalized spacial score (nSPS) is 21.7. The third kappa shape index (κ3) is 4.10. The highest BCUT2D eigenvalue weighted by atomic mass is 19.4. The number of amides is 1. The molecule has 2 aliphatic rings. The zero-order valence-electron chi connectivity index (χ0n) is 18.8. The van der Waals surface area contributed by atoms with Crippen molar-refractivity contribution in [3.8, 4) is 11.3 Å². The van der Waals surface area contributed by atoms with E-state index in [1.54, 1.807) is 12.4 Å². The first-order valence-electron chi connectivity index (χ1n) is 11.2. The minimum atomic E-state index is -4.42. The number of pyridine rings is 3. The minimum absolute atomic E-state index is 0.0811. The van der Waals surface area contributed by atoms with Gasteiger partial charge in [-0.1, -0.05) is 6.07 Å². The zero-order chi connectivity index (χ0) is 24.0. The summed E-state index contributed by atoms with van der Waals surface area (Å²) in [6.07, 6.45) is 1.47. The van der Waals surface area contributed by atoms with Crippen LogP contribution in [0.15, 0.2) is 48.9 Å². The van der Waals surface area contributed by atoms with Crippen molar-refractivity contribution in [2.24, 2.45) is 5.92 Å². The van der Waals surface area contributed by atoms with Crippen molar-refractivity contribution in [1.29, 1.82) is 0 Å². The lowest BCUT2D eigenvalue weighted by Gasteiger charge is -2.34. The van der Waals surface area contributed by atoms with Crippen LogP contribution >= 0.6 is 0 Å². The number of aryl methyl sites for hydroxylation is 2. The summed E-state index contributed by atoms with van der Waals surface area (Å²) >= 11 is 0. The lowest BCUT2D eigenvalue weighted by Crippen LogP contribution is -2.48. The summed E-state index contributed by atoms with van der Waals surface area (Å²) in [5.41, 5.74) is 2.92. The van der Waals surface area contributed by atoms with Gasteiger partial charge in [-0.2, -0.15) is 13.2 Å². The maximum atomic E-state index is 13.7. The molecular formula is C25H24F3N5O. The second-order valence-electron chi connectivity index (χ2n) is 9.12. The molecule has 1 saturated heterocycles. The summed E-state index contributed by atoms with van der Waals surface area (Å²) in [6, 6.07) is 7.93. The van der Waals surface area contributed by atoms with Crippen molar-refractivity contribution in [2.75, 3.05) is 11.9 Å². The molecule has 1 aliphatic heterocycles. The SMILES string of the molecule is Cc1cnc(C(=O)N2C[C@H]3CC(Nc4ccc(C(F)(F)F)cn4)C2C3)c(-c2ncccc2C)c1. The number of hydrogen-bond acceptors (Lipinski definition) is 5. The van der Waals surface area contributed by atoms with Crippen LogP contribution in [0.25, 0.3) is 11.3 Å². The third-order valence-corrected chi connectivity index (χ3v) is 6.66. The highest BCUT2D eigenvalue weighted by Gasteiger charge is 2.47. The van der Waals surface area contributed by atoms with Gasteiger partial charge >= 0.3 is 6.18 Å². The van der Waals surface area contributed by atoms with E-state index in [0.29, 0.717) is 29.5 Å². The van der Waals surface area contributed by atoms with Gasteiger partial charge < -0.3 is 10.2 Å². The quantitative estimate of drug-likeness (QED) is 0.592. The van der Waals surface area contributed by atoms with Crippen LogP contribution in [-0.4, -0.2) is 44.4 Å². The van der Waals surface area contributed by atoms with Crippen LogP contribution in [0.1, 0.15) is 40.0 Å². The summed E-state index contributed by atoms with van der Waals surface area (Å²) in [7, 11) is 0. The Morgan fingerprint density at radius 1 is 1.09 bits per heavy atom. The fraction of sp³-hybridized carbons (Fsp3) is 0.360. The van der Waals surface area contributed by atoms with Gasteiger partial charge in [0.05, 0.1) is 17.3 Å². The minimum Gasteiger partial charge on any atom is -0.365 e. The van der Waals surface area contributed by atoms with Crippen LogP contribution in [0, 0.1) is 19.8 Å². The van der Waals surface area contributed by atoms with Gasteiger partial charge in [-0.15, -0.1) is 0 Å². The Morgan fingerprint density at radius 3 is 2.59 bits per heavy atom. The number of fused-ring (bicyclic) bond motifs is 2. The van der Waals surface area contributed by atoms with Gasteiger partial charge in [0, 0.05) is 36.7 Å². The molecule has 3 aromatic heterocycles. The highest BCUT2D eigenvalue weighted by molar-refractivity contribution is 5.99. The molecular weight excluding hydrogens is 443 g/mol. The van der Waals surface area contributed by atoms with Gasteiger partial charge in [0.25, 0.3) is 5.91 Å². The number of piperidine rings is 1. The van der Waals surface area contributed by atoms with E-state index in [4.69, 9.17) is 0 Å². The smallest absolute Gasteiger partial charge is 0.365 e. The molecule has 176 valence electrons. The van der Waals surface area contributed by atoms with Crippen molar-refractivity contribution < 1.29 is 18.0 Å². The average molecular weight is 467 g/mol. The summed E-state index contributed by atoms with van der Waals surface area (Å²) in [6.45, 7) is 4.52. The van der Waals surface area contributed by atoms with Crippen LogP contribution < -0.4 is 5.32 Å². The van der Waals surface area contributed by atoms with E-state index < -0.39 is 11.7 Å². The molecule has 4 heterocycles. The summed E-state index contributed by atoms with van der Waals surface area (Å²) < 4.78 is 38.5. The molecule has 1 aliphatic carbocycles. The zero-order valence-corrected chi connectivity index (χ0v) is 18.8. The molecule has 9 heteroatoms. The van der Waals surface area contributed by atoms with Gasteiger partial charge in [-0.3, -0.25) is 14.8 Å². The topological polar surface area (TPSA) is 71.0 Å². The van der Waals surface area contributed by atoms with E-state index in [-0.39, 0.29) is 18.0 Å². The van der Waals surface area contributed by atoms with Gasteiger partial charge in [0.1, 0.15) is 11.5 Å². The Balaban J connectivity index is 1.39. The fourth-order valence-corrected chi connectivity index (χ4v) is 5.07. The average Bonchev–Trinajstić information content (AvgIpc) is 3.39. The molecule has 3 aromatic rings. The van der Waals surface area contributed by atoms with Crippen LogP contribution in [0.5, 0.6) is 0 Å². The van der Waals surface area contributed by atoms with Gasteiger partial charge in [-0.25, -0.2) is 4.98 Å². The Kier molecular flexibility index (Phi) is 5.50. The van der Waals surface area contributed by atoms with Crippen molar-refractivity contribution in [2.45, 2.75) is 44.9 Å². The lowest BCUT2D eigenvalue weighted by molar-refractivity contribution is -0.137. The molecule has 34 heavy (non-hydrogen) atoms. The molecule has 6 nitrogen and oxygen atoms in total. The molecule has 0 spiro atoms. The number of alkyl halides is 3. The number of aromatic nitrogens is 3. The Hall–Kier alpha value is -3.49. The van der Waals surface area contributed by atoms with E-state index in [1.165, 1.54) is 6.07 Å². The molecule has 0 radical (unpaired) electrons. The second-order valence-corrected chi connectivity index (χ2v) is 9.12. The third-order valence-electron chi connectivity index (χ3n) is 6.66.